The Kier molecular flexibility index (Phi) is 5.83. The molecule has 0 amide bonds. The highest BCUT2D eigenvalue weighted by molar-refractivity contribution is 7.80. The zero-order chi connectivity index (χ0) is 19.3. The molecule has 1 N–H and O–H groups in total. The monoisotopic (exact) mass is 412 g/mol. The lowest BCUT2D eigenvalue weighted by molar-refractivity contribution is 0.380. The molecule has 1 aliphatic heterocycles. The topological polar surface area (TPSA) is 31.4 Å². The van der Waals surface area contributed by atoms with Crippen LogP contribution in [0.15, 0.2) is 60.0 Å². The first-order valence-electron chi connectivity index (χ1n) is 9.22. The van der Waals surface area contributed by atoms with Crippen LogP contribution in [-0.4, -0.2) is 41.2 Å². The second-order valence-corrected chi connectivity index (χ2v) is 7.86. The van der Waals surface area contributed by atoms with Gasteiger partial charge in [-0.25, -0.2) is 9.37 Å². The van der Waals surface area contributed by atoms with Gasteiger partial charge in [0.15, 0.2) is 10.2 Å². The molecule has 0 spiro atoms. The van der Waals surface area contributed by atoms with Crippen LogP contribution < -0.4 is 10.2 Å². The van der Waals surface area contributed by atoms with Gasteiger partial charge in [0.05, 0.1) is 5.69 Å². The van der Waals surface area contributed by atoms with Crippen LogP contribution in [0.5, 0.6) is 0 Å². The number of nitrogens with zero attached hydrogens (tertiary/aromatic N) is 3. The van der Waals surface area contributed by atoms with Crippen LogP contribution in [0.3, 0.4) is 0 Å². The number of hydrogen-bond donors (Lipinski definition) is 1. The van der Waals surface area contributed by atoms with E-state index in [1.54, 1.807) is 23.5 Å². The van der Waals surface area contributed by atoms with Crippen LogP contribution in [-0.2, 0) is 6.54 Å². The summed E-state index contributed by atoms with van der Waals surface area (Å²) in [6.07, 6.45) is 0. The van der Waals surface area contributed by atoms with Crippen LogP contribution in [0, 0.1) is 5.82 Å². The van der Waals surface area contributed by atoms with Crippen molar-refractivity contribution < 1.29 is 4.39 Å². The Labute approximate surface area is 173 Å². The molecule has 0 aliphatic carbocycles. The number of aromatic nitrogens is 1. The first kappa shape index (κ1) is 18.8. The maximum Gasteiger partial charge on any atom is 0.185 e. The highest BCUT2D eigenvalue weighted by Crippen LogP contribution is 2.28. The van der Waals surface area contributed by atoms with Crippen LogP contribution in [0.4, 0.5) is 9.52 Å². The number of anilines is 1. The fourth-order valence-corrected chi connectivity index (χ4v) is 4.29. The van der Waals surface area contributed by atoms with Gasteiger partial charge < -0.3 is 15.1 Å². The van der Waals surface area contributed by atoms with Crippen molar-refractivity contribution in [2.24, 2.45) is 0 Å². The second kappa shape index (κ2) is 8.67. The molecule has 3 aromatic rings. The fourth-order valence-electron chi connectivity index (χ4n) is 3.15. The lowest BCUT2D eigenvalue weighted by Gasteiger charge is -2.36. The van der Waals surface area contributed by atoms with Crippen molar-refractivity contribution in [1.29, 1.82) is 0 Å². The molecular formula is C21H21FN4S2. The Morgan fingerprint density at radius 2 is 1.75 bits per heavy atom. The average molecular weight is 413 g/mol. The summed E-state index contributed by atoms with van der Waals surface area (Å²) in [5, 5.41) is 7.18. The van der Waals surface area contributed by atoms with E-state index in [0.717, 1.165) is 54.2 Å². The predicted molar refractivity (Wildman–Crippen MR) is 117 cm³/mol. The Morgan fingerprint density at radius 3 is 2.46 bits per heavy atom. The zero-order valence-electron chi connectivity index (χ0n) is 15.3. The quantitative estimate of drug-likeness (QED) is 0.651. The number of piperazine rings is 1. The Bertz CT molecular complexity index is 919. The molecule has 144 valence electrons. The van der Waals surface area contributed by atoms with Crippen molar-refractivity contribution in [1.82, 2.24) is 15.2 Å². The zero-order valence-corrected chi connectivity index (χ0v) is 17.0. The fraction of sp³-hybridized carbons (Fsp3) is 0.238. The standard InChI is InChI=1S/C21H21FN4S2/c22-18-8-6-17(7-9-18)19-15-28-21(24-19)26-12-10-25(11-13-26)20(27)23-14-16-4-2-1-3-5-16/h1-9,15H,10-14H2,(H,23,27). The van der Waals surface area contributed by atoms with E-state index < -0.39 is 0 Å². The minimum atomic E-state index is -0.229. The molecule has 0 unspecified atom stereocenters. The van der Waals surface area contributed by atoms with Crippen molar-refractivity contribution in [3.05, 3.63) is 71.4 Å². The summed E-state index contributed by atoms with van der Waals surface area (Å²) in [6, 6.07) is 16.7. The van der Waals surface area contributed by atoms with Gasteiger partial charge in [-0.05, 0) is 42.0 Å². The average Bonchev–Trinajstić information content (AvgIpc) is 3.24. The van der Waals surface area contributed by atoms with Gasteiger partial charge in [-0.3, -0.25) is 0 Å². The Morgan fingerprint density at radius 1 is 1.04 bits per heavy atom. The molecule has 2 aromatic carbocycles. The molecule has 4 nitrogen and oxygen atoms in total. The molecule has 0 radical (unpaired) electrons. The maximum absolute atomic E-state index is 13.1. The largest absolute Gasteiger partial charge is 0.358 e. The van der Waals surface area contributed by atoms with Crippen LogP contribution >= 0.6 is 23.6 Å². The molecule has 1 aliphatic rings. The van der Waals surface area contributed by atoms with E-state index in [-0.39, 0.29) is 5.82 Å². The van der Waals surface area contributed by atoms with Gasteiger partial charge in [0.1, 0.15) is 5.82 Å². The summed E-state index contributed by atoms with van der Waals surface area (Å²) in [7, 11) is 0. The summed E-state index contributed by atoms with van der Waals surface area (Å²) < 4.78 is 13.1. The normalized spacial score (nSPS) is 14.2. The number of nitrogens with one attached hydrogen (secondary N) is 1. The molecule has 4 rings (SSSR count). The van der Waals surface area contributed by atoms with E-state index in [1.807, 2.05) is 23.6 Å². The molecular weight excluding hydrogens is 391 g/mol. The van der Waals surface area contributed by atoms with Gasteiger partial charge >= 0.3 is 0 Å². The van der Waals surface area contributed by atoms with Crippen LogP contribution in [0.2, 0.25) is 0 Å². The van der Waals surface area contributed by atoms with E-state index in [0.29, 0.717) is 0 Å². The van der Waals surface area contributed by atoms with Crippen molar-refractivity contribution in [3.8, 4) is 11.3 Å². The van der Waals surface area contributed by atoms with Crippen molar-refractivity contribution in [2.75, 3.05) is 31.1 Å². The van der Waals surface area contributed by atoms with Gasteiger partial charge in [-0.2, -0.15) is 0 Å². The number of hydrogen-bond acceptors (Lipinski definition) is 4. The van der Waals surface area contributed by atoms with Crippen molar-refractivity contribution >= 4 is 33.8 Å². The molecule has 1 aromatic heterocycles. The third-order valence-electron chi connectivity index (χ3n) is 4.76. The summed E-state index contributed by atoms with van der Waals surface area (Å²) in [6.45, 7) is 4.23. The minimum Gasteiger partial charge on any atom is -0.358 e. The lowest BCUT2D eigenvalue weighted by Crippen LogP contribution is -2.51. The highest BCUT2D eigenvalue weighted by Gasteiger charge is 2.21. The Balaban J connectivity index is 1.30. The van der Waals surface area contributed by atoms with Gasteiger partial charge in [0.2, 0.25) is 0 Å². The third-order valence-corrected chi connectivity index (χ3v) is 6.06. The maximum atomic E-state index is 13.1. The third kappa shape index (κ3) is 4.48. The number of thiazole rings is 1. The molecule has 2 heterocycles. The number of halogens is 1. The summed E-state index contributed by atoms with van der Waals surface area (Å²) in [4.78, 5) is 9.23. The number of thiocarbonyl (C=S) groups is 1. The molecule has 7 heteroatoms. The number of rotatable bonds is 4. The van der Waals surface area contributed by atoms with E-state index in [2.05, 4.69) is 27.2 Å². The van der Waals surface area contributed by atoms with Crippen molar-refractivity contribution in [3.63, 3.8) is 0 Å². The van der Waals surface area contributed by atoms with E-state index in [1.165, 1.54) is 17.7 Å². The summed E-state index contributed by atoms with van der Waals surface area (Å²) in [5.41, 5.74) is 3.05. The van der Waals surface area contributed by atoms with Gasteiger partial charge in [-0.1, -0.05) is 30.3 Å². The van der Waals surface area contributed by atoms with Gasteiger partial charge in [0, 0.05) is 43.7 Å². The first-order chi connectivity index (χ1) is 13.7. The SMILES string of the molecule is Fc1ccc(-c2csc(N3CCN(C(=S)NCc4ccccc4)CC3)n2)cc1. The van der Waals surface area contributed by atoms with E-state index in [4.69, 9.17) is 17.2 Å². The molecule has 1 fully saturated rings. The number of benzene rings is 2. The molecule has 0 bridgehead atoms. The second-order valence-electron chi connectivity index (χ2n) is 6.64. The molecule has 1 saturated heterocycles. The van der Waals surface area contributed by atoms with E-state index >= 15 is 0 Å². The van der Waals surface area contributed by atoms with Crippen molar-refractivity contribution in [2.45, 2.75) is 6.54 Å². The van der Waals surface area contributed by atoms with Gasteiger partial charge in [-0.15, -0.1) is 11.3 Å². The molecule has 0 saturated carbocycles. The van der Waals surface area contributed by atoms with Crippen LogP contribution in [0.25, 0.3) is 11.3 Å². The first-order valence-corrected chi connectivity index (χ1v) is 10.5. The molecule has 28 heavy (non-hydrogen) atoms. The van der Waals surface area contributed by atoms with Crippen LogP contribution in [0.1, 0.15) is 5.56 Å². The molecule has 0 atom stereocenters. The minimum absolute atomic E-state index is 0.229. The predicted octanol–water partition coefficient (Wildman–Crippen LogP) is 4.15. The van der Waals surface area contributed by atoms with Gasteiger partial charge in [0.25, 0.3) is 0 Å². The summed E-state index contributed by atoms with van der Waals surface area (Å²) in [5.74, 6) is -0.229. The lowest BCUT2D eigenvalue weighted by atomic mass is 10.2. The highest BCUT2D eigenvalue weighted by atomic mass is 32.1. The summed E-state index contributed by atoms with van der Waals surface area (Å²) >= 11 is 7.19. The van der Waals surface area contributed by atoms with E-state index in [9.17, 15) is 4.39 Å². The smallest absolute Gasteiger partial charge is 0.185 e. The Hall–Kier alpha value is -2.51.